The number of aliphatic hydroxyl groups excluding tert-OH is 1. The highest BCUT2D eigenvalue weighted by molar-refractivity contribution is 7.99. The molecule has 0 saturated carbocycles. The lowest BCUT2D eigenvalue weighted by Crippen LogP contribution is -2.04. The molecule has 0 spiro atoms. The number of rotatable bonds is 4. The molecule has 0 bridgehead atoms. The maximum absolute atomic E-state index is 11.8. The van der Waals surface area contributed by atoms with Crippen molar-refractivity contribution in [3.63, 3.8) is 0 Å². The Morgan fingerprint density at radius 2 is 2.31 bits per heavy atom. The first-order valence-electron chi connectivity index (χ1n) is 5.71. The number of ketones is 1. The molecule has 0 saturated heterocycles. The number of thioether (sulfide) groups is 1. The topological polar surface area (TPSA) is 37.3 Å². The van der Waals surface area contributed by atoms with Gasteiger partial charge < -0.3 is 5.11 Å². The maximum atomic E-state index is 11.8. The quantitative estimate of drug-likeness (QED) is 0.817. The number of Topliss-reactive ketones (excluding diaryl/α,β-unsaturated/α-hetero) is 1. The molecule has 0 atom stereocenters. The zero-order valence-corrected chi connectivity index (χ0v) is 10.1. The fourth-order valence-corrected chi connectivity index (χ4v) is 2.94. The monoisotopic (exact) mass is 236 g/mol. The highest BCUT2D eigenvalue weighted by atomic mass is 32.2. The van der Waals surface area contributed by atoms with Gasteiger partial charge in [0.05, 0.1) is 0 Å². The van der Waals surface area contributed by atoms with E-state index in [-0.39, 0.29) is 12.4 Å². The zero-order chi connectivity index (χ0) is 11.4. The minimum Gasteiger partial charge on any atom is -0.396 e. The van der Waals surface area contributed by atoms with Crippen molar-refractivity contribution < 1.29 is 9.90 Å². The first-order valence-corrected chi connectivity index (χ1v) is 6.69. The molecule has 0 aliphatic carbocycles. The Kier molecular flexibility index (Phi) is 4.02. The SMILES string of the molecule is O=C(CCCO)c1ccc2c(c1)CCCS2. The molecule has 86 valence electrons. The summed E-state index contributed by atoms with van der Waals surface area (Å²) in [6, 6.07) is 6.00. The van der Waals surface area contributed by atoms with Crippen LogP contribution in [0.15, 0.2) is 23.1 Å². The Balaban J connectivity index is 2.13. The Bertz CT molecular complexity index is 388. The van der Waals surface area contributed by atoms with Crippen LogP contribution in [0.5, 0.6) is 0 Å². The highest BCUT2D eigenvalue weighted by Gasteiger charge is 2.12. The summed E-state index contributed by atoms with van der Waals surface area (Å²) in [5.74, 6) is 1.33. The second-order valence-corrected chi connectivity index (χ2v) is 5.16. The summed E-state index contributed by atoms with van der Waals surface area (Å²) in [5, 5.41) is 8.70. The fraction of sp³-hybridized carbons (Fsp3) is 0.462. The number of carbonyl (C=O) groups excluding carboxylic acids is 1. The zero-order valence-electron chi connectivity index (χ0n) is 9.24. The summed E-state index contributed by atoms with van der Waals surface area (Å²) in [7, 11) is 0. The molecule has 3 heteroatoms. The van der Waals surface area contributed by atoms with Crippen molar-refractivity contribution in [1.29, 1.82) is 0 Å². The van der Waals surface area contributed by atoms with Crippen molar-refractivity contribution in [1.82, 2.24) is 0 Å². The van der Waals surface area contributed by atoms with Crippen LogP contribution in [-0.4, -0.2) is 23.2 Å². The van der Waals surface area contributed by atoms with E-state index in [2.05, 4.69) is 6.07 Å². The number of hydrogen-bond donors (Lipinski definition) is 1. The molecule has 2 nitrogen and oxygen atoms in total. The standard InChI is InChI=1S/C13H16O2S/c14-7-1-4-12(15)10-5-6-13-11(9-10)3-2-8-16-13/h5-6,9,14H,1-4,7-8H2. The summed E-state index contributed by atoms with van der Waals surface area (Å²) in [6.07, 6.45) is 3.29. The van der Waals surface area contributed by atoms with E-state index in [0.29, 0.717) is 12.8 Å². The van der Waals surface area contributed by atoms with E-state index in [9.17, 15) is 4.79 Å². The molecule has 1 aliphatic rings. The third-order valence-corrected chi connectivity index (χ3v) is 3.99. The number of fused-ring (bicyclic) bond motifs is 1. The molecule has 1 aliphatic heterocycles. The summed E-state index contributed by atoms with van der Waals surface area (Å²) in [6.45, 7) is 0.0898. The Morgan fingerprint density at radius 1 is 1.44 bits per heavy atom. The predicted octanol–water partition coefficient (Wildman–Crippen LogP) is 2.68. The van der Waals surface area contributed by atoms with Crippen LogP contribution in [0.3, 0.4) is 0 Å². The minimum absolute atomic E-state index is 0.0898. The van der Waals surface area contributed by atoms with Gasteiger partial charge in [-0.25, -0.2) is 0 Å². The van der Waals surface area contributed by atoms with Crippen LogP contribution >= 0.6 is 11.8 Å². The molecular formula is C13H16O2S. The molecule has 16 heavy (non-hydrogen) atoms. The van der Waals surface area contributed by atoms with Gasteiger partial charge >= 0.3 is 0 Å². The molecule has 0 radical (unpaired) electrons. The van der Waals surface area contributed by atoms with E-state index >= 15 is 0 Å². The lowest BCUT2D eigenvalue weighted by atomic mass is 10.0. The van der Waals surface area contributed by atoms with Crippen molar-refractivity contribution in [3.8, 4) is 0 Å². The smallest absolute Gasteiger partial charge is 0.162 e. The number of benzene rings is 1. The van der Waals surface area contributed by atoms with E-state index in [1.54, 1.807) is 0 Å². The summed E-state index contributed by atoms with van der Waals surface area (Å²) >= 11 is 1.88. The van der Waals surface area contributed by atoms with Crippen LogP contribution < -0.4 is 0 Å². The van der Waals surface area contributed by atoms with Gasteiger partial charge in [-0.05, 0) is 42.7 Å². The molecule has 0 unspecified atom stereocenters. The Morgan fingerprint density at radius 3 is 3.12 bits per heavy atom. The van der Waals surface area contributed by atoms with Gasteiger partial charge in [-0.2, -0.15) is 0 Å². The fourth-order valence-electron chi connectivity index (χ4n) is 1.92. The average Bonchev–Trinajstić information content (AvgIpc) is 2.35. The van der Waals surface area contributed by atoms with Gasteiger partial charge in [0.1, 0.15) is 0 Å². The lowest BCUT2D eigenvalue weighted by Gasteiger charge is -2.15. The van der Waals surface area contributed by atoms with E-state index in [1.165, 1.54) is 22.6 Å². The van der Waals surface area contributed by atoms with E-state index < -0.39 is 0 Å². The van der Waals surface area contributed by atoms with Crippen molar-refractivity contribution in [2.45, 2.75) is 30.6 Å². The van der Waals surface area contributed by atoms with Gasteiger partial charge in [0, 0.05) is 23.5 Å². The van der Waals surface area contributed by atoms with Crippen molar-refractivity contribution in [2.24, 2.45) is 0 Å². The van der Waals surface area contributed by atoms with Crippen molar-refractivity contribution in [3.05, 3.63) is 29.3 Å². The number of aliphatic hydroxyl groups is 1. The Hall–Kier alpha value is -0.800. The largest absolute Gasteiger partial charge is 0.396 e. The van der Waals surface area contributed by atoms with Gasteiger partial charge in [-0.3, -0.25) is 4.79 Å². The second-order valence-electron chi connectivity index (χ2n) is 4.02. The van der Waals surface area contributed by atoms with Crippen LogP contribution in [0.1, 0.15) is 35.2 Å². The molecule has 0 amide bonds. The van der Waals surface area contributed by atoms with Crippen LogP contribution in [0.4, 0.5) is 0 Å². The average molecular weight is 236 g/mol. The normalized spacial score (nSPS) is 14.6. The lowest BCUT2D eigenvalue weighted by molar-refractivity contribution is 0.0971. The molecule has 1 N–H and O–H groups in total. The van der Waals surface area contributed by atoms with Crippen LogP contribution in [-0.2, 0) is 6.42 Å². The summed E-state index contributed by atoms with van der Waals surface area (Å²) in [4.78, 5) is 13.1. The number of hydrogen-bond acceptors (Lipinski definition) is 3. The maximum Gasteiger partial charge on any atom is 0.162 e. The summed E-state index contributed by atoms with van der Waals surface area (Å²) in [5.41, 5.74) is 2.11. The molecule has 2 rings (SSSR count). The molecule has 0 fully saturated rings. The third-order valence-electron chi connectivity index (χ3n) is 2.79. The van der Waals surface area contributed by atoms with Gasteiger partial charge in [-0.15, -0.1) is 11.8 Å². The van der Waals surface area contributed by atoms with Gasteiger partial charge in [0.15, 0.2) is 5.78 Å². The highest BCUT2D eigenvalue weighted by Crippen LogP contribution is 2.30. The number of carbonyl (C=O) groups is 1. The van der Waals surface area contributed by atoms with Crippen molar-refractivity contribution in [2.75, 3.05) is 12.4 Å². The predicted molar refractivity (Wildman–Crippen MR) is 66.1 cm³/mol. The first kappa shape index (κ1) is 11.7. The molecular weight excluding hydrogens is 220 g/mol. The molecule has 1 heterocycles. The Labute approximate surface area is 100 Å². The minimum atomic E-state index is 0.0898. The third kappa shape index (κ3) is 2.66. The first-order chi connectivity index (χ1) is 7.81. The van der Waals surface area contributed by atoms with E-state index in [4.69, 9.17) is 5.11 Å². The van der Waals surface area contributed by atoms with Crippen LogP contribution in [0.2, 0.25) is 0 Å². The van der Waals surface area contributed by atoms with Crippen LogP contribution in [0.25, 0.3) is 0 Å². The number of aryl methyl sites for hydroxylation is 1. The molecule has 0 aromatic heterocycles. The van der Waals surface area contributed by atoms with E-state index in [0.717, 1.165) is 12.0 Å². The molecule has 1 aromatic rings. The van der Waals surface area contributed by atoms with Crippen LogP contribution in [0, 0.1) is 0 Å². The summed E-state index contributed by atoms with van der Waals surface area (Å²) < 4.78 is 0. The van der Waals surface area contributed by atoms with E-state index in [1.807, 2.05) is 23.9 Å². The van der Waals surface area contributed by atoms with Gasteiger partial charge in [0.2, 0.25) is 0 Å². The van der Waals surface area contributed by atoms with Gasteiger partial charge in [0.25, 0.3) is 0 Å². The molecule has 1 aromatic carbocycles. The second kappa shape index (κ2) is 5.51. The van der Waals surface area contributed by atoms with Gasteiger partial charge in [-0.1, -0.05) is 6.07 Å². The van der Waals surface area contributed by atoms with Crippen molar-refractivity contribution >= 4 is 17.5 Å².